The Balaban J connectivity index is 2.25. The molecule has 0 atom stereocenters. The first-order chi connectivity index (χ1) is 9.82. The van der Waals surface area contributed by atoms with Gasteiger partial charge in [-0.05, 0) is 11.6 Å². The Bertz CT molecular complexity index is 592. The molecule has 0 aromatic heterocycles. The van der Waals surface area contributed by atoms with Crippen LogP contribution in [0.5, 0.6) is 0 Å². The lowest BCUT2D eigenvalue weighted by Crippen LogP contribution is -2.42. The van der Waals surface area contributed by atoms with Crippen molar-refractivity contribution in [3.63, 3.8) is 0 Å². The van der Waals surface area contributed by atoms with E-state index in [2.05, 4.69) is 6.58 Å². The van der Waals surface area contributed by atoms with Crippen LogP contribution < -0.4 is 0 Å². The van der Waals surface area contributed by atoms with E-state index in [0.29, 0.717) is 5.56 Å². The fourth-order valence-electron chi connectivity index (χ4n) is 2.20. The number of carbonyl (C=O) groups excluding carboxylic acids is 1. The van der Waals surface area contributed by atoms with Crippen molar-refractivity contribution in [1.29, 1.82) is 0 Å². The molecule has 112 valence electrons. The Morgan fingerprint density at radius 1 is 1.33 bits per heavy atom. The summed E-state index contributed by atoms with van der Waals surface area (Å²) in [5.41, 5.74) is 0.331. The van der Waals surface area contributed by atoms with E-state index < -0.39 is 16.8 Å². The smallest absolute Gasteiger partial charge is 0.270 e. The Morgan fingerprint density at radius 2 is 1.95 bits per heavy atom. The lowest BCUT2D eigenvalue weighted by molar-refractivity contribution is -0.384. The van der Waals surface area contributed by atoms with Gasteiger partial charge in [0.2, 0.25) is 0 Å². The number of likely N-dealkylation sites (tertiary alicyclic amines) is 1. The molecule has 1 aromatic rings. The number of alkyl halides is 2. The van der Waals surface area contributed by atoms with E-state index in [1.807, 2.05) is 0 Å². The van der Waals surface area contributed by atoms with Crippen molar-refractivity contribution in [3.05, 3.63) is 46.0 Å². The highest BCUT2D eigenvalue weighted by molar-refractivity contribution is 5.95. The van der Waals surface area contributed by atoms with Gasteiger partial charge in [-0.15, -0.1) is 0 Å². The zero-order valence-electron chi connectivity index (χ0n) is 11.2. The quantitative estimate of drug-likeness (QED) is 0.636. The maximum absolute atomic E-state index is 13.1. The molecule has 0 N–H and O–H groups in total. The van der Waals surface area contributed by atoms with Gasteiger partial charge in [-0.1, -0.05) is 12.7 Å². The number of nitro benzene ring substituents is 1. The summed E-state index contributed by atoms with van der Waals surface area (Å²) in [6.45, 7) is 3.40. The maximum atomic E-state index is 13.1. The second-order valence-corrected chi connectivity index (χ2v) is 4.92. The van der Waals surface area contributed by atoms with E-state index in [0.717, 1.165) is 6.07 Å². The standard InChI is InChI=1S/C14H14F2N2O3/c1-2-10-7-11(9-12(8-10)18(20)21)13(19)17-5-3-14(15,16)4-6-17/h2,7-9H,1,3-6H2. The highest BCUT2D eigenvalue weighted by Gasteiger charge is 2.36. The molecule has 5 nitrogen and oxygen atoms in total. The predicted molar refractivity (Wildman–Crippen MR) is 73.3 cm³/mol. The number of nitro groups is 1. The third-order valence-corrected chi connectivity index (χ3v) is 3.42. The van der Waals surface area contributed by atoms with E-state index in [9.17, 15) is 23.7 Å². The molecule has 2 rings (SSSR count). The summed E-state index contributed by atoms with van der Waals surface area (Å²) in [5.74, 6) is -3.22. The number of non-ortho nitro benzene ring substituents is 1. The molecule has 1 saturated heterocycles. The molecule has 0 bridgehead atoms. The van der Waals surface area contributed by atoms with Crippen molar-refractivity contribution in [1.82, 2.24) is 4.90 Å². The molecule has 1 heterocycles. The Morgan fingerprint density at radius 3 is 2.48 bits per heavy atom. The van der Waals surface area contributed by atoms with E-state index >= 15 is 0 Å². The number of rotatable bonds is 3. The van der Waals surface area contributed by atoms with Gasteiger partial charge < -0.3 is 4.90 Å². The highest BCUT2D eigenvalue weighted by Crippen LogP contribution is 2.29. The van der Waals surface area contributed by atoms with E-state index in [1.54, 1.807) is 0 Å². The van der Waals surface area contributed by atoms with Crippen molar-refractivity contribution < 1.29 is 18.5 Å². The van der Waals surface area contributed by atoms with Crippen LogP contribution in [0.4, 0.5) is 14.5 Å². The Labute approximate surface area is 120 Å². The second-order valence-electron chi connectivity index (χ2n) is 4.92. The first-order valence-electron chi connectivity index (χ1n) is 6.41. The fraction of sp³-hybridized carbons (Fsp3) is 0.357. The number of halogens is 2. The van der Waals surface area contributed by atoms with Gasteiger partial charge in [0.25, 0.3) is 17.5 Å². The molecule has 0 saturated carbocycles. The summed E-state index contributed by atoms with van der Waals surface area (Å²) in [5, 5.41) is 10.9. The number of carbonyl (C=O) groups is 1. The molecule has 21 heavy (non-hydrogen) atoms. The van der Waals surface area contributed by atoms with Crippen molar-refractivity contribution in [3.8, 4) is 0 Å². The highest BCUT2D eigenvalue weighted by atomic mass is 19.3. The van der Waals surface area contributed by atoms with E-state index in [1.165, 1.54) is 23.1 Å². The maximum Gasteiger partial charge on any atom is 0.270 e. The average molecular weight is 296 g/mol. The lowest BCUT2D eigenvalue weighted by atomic mass is 10.0. The Kier molecular flexibility index (Phi) is 4.02. The first kappa shape index (κ1) is 15.1. The number of nitrogens with zero attached hydrogens (tertiary/aromatic N) is 2. The minimum absolute atomic E-state index is 0.0576. The lowest BCUT2D eigenvalue weighted by Gasteiger charge is -2.31. The number of hydrogen-bond acceptors (Lipinski definition) is 3. The van der Waals surface area contributed by atoms with Crippen LogP contribution >= 0.6 is 0 Å². The summed E-state index contributed by atoms with van der Waals surface area (Å²) >= 11 is 0. The monoisotopic (exact) mass is 296 g/mol. The number of amides is 1. The van der Waals surface area contributed by atoms with Gasteiger partial charge in [0.15, 0.2) is 0 Å². The minimum Gasteiger partial charge on any atom is -0.338 e. The molecular weight excluding hydrogens is 282 g/mol. The molecule has 1 aliphatic rings. The molecular formula is C14H14F2N2O3. The second kappa shape index (κ2) is 5.59. The largest absolute Gasteiger partial charge is 0.338 e. The summed E-state index contributed by atoms with van der Waals surface area (Å²) in [6.07, 6.45) is 0.623. The number of hydrogen-bond donors (Lipinski definition) is 0. The van der Waals surface area contributed by atoms with Crippen LogP contribution in [0.25, 0.3) is 6.08 Å². The van der Waals surface area contributed by atoms with Crippen LogP contribution in [-0.4, -0.2) is 34.7 Å². The van der Waals surface area contributed by atoms with Gasteiger partial charge in [0.1, 0.15) is 0 Å². The van der Waals surface area contributed by atoms with Crippen LogP contribution in [0.2, 0.25) is 0 Å². The van der Waals surface area contributed by atoms with Crippen molar-refractivity contribution in [2.75, 3.05) is 13.1 Å². The van der Waals surface area contributed by atoms with Crippen LogP contribution in [0.3, 0.4) is 0 Å². The zero-order chi connectivity index (χ0) is 15.6. The van der Waals surface area contributed by atoms with E-state index in [4.69, 9.17) is 0 Å². The molecule has 0 radical (unpaired) electrons. The van der Waals surface area contributed by atoms with Crippen LogP contribution in [0.1, 0.15) is 28.8 Å². The first-order valence-corrected chi connectivity index (χ1v) is 6.41. The van der Waals surface area contributed by atoms with E-state index in [-0.39, 0.29) is 37.2 Å². The molecule has 0 aliphatic carbocycles. The van der Waals surface area contributed by atoms with Gasteiger partial charge in [0.05, 0.1) is 4.92 Å². The molecule has 7 heteroatoms. The third-order valence-electron chi connectivity index (χ3n) is 3.42. The van der Waals surface area contributed by atoms with Crippen molar-refractivity contribution >= 4 is 17.7 Å². The third kappa shape index (κ3) is 3.42. The number of piperidine rings is 1. The molecule has 0 spiro atoms. The minimum atomic E-state index is -2.74. The molecule has 1 amide bonds. The fourth-order valence-corrected chi connectivity index (χ4v) is 2.20. The topological polar surface area (TPSA) is 63.5 Å². The van der Waals surface area contributed by atoms with Crippen molar-refractivity contribution in [2.45, 2.75) is 18.8 Å². The Hall–Kier alpha value is -2.31. The van der Waals surface area contributed by atoms with Gasteiger partial charge in [0, 0.05) is 43.6 Å². The summed E-state index contributed by atoms with van der Waals surface area (Å²) in [4.78, 5) is 23.8. The van der Waals surface area contributed by atoms with Gasteiger partial charge in [-0.3, -0.25) is 14.9 Å². The average Bonchev–Trinajstić information content (AvgIpc) is 2.46. The molecule has 1 aliphatic heterocycles. The van der Waals surface area contributed by atoms with Crippen LogP contribution in [0, 0.1) is 10.1 Å². The normalized spacial score (nSPS) is 17.3. The van der Waals surface area contributed by atoms with Crippen LogP contribution in [0.15, 0.2) is 24.8 Å². The molecule has 0 unspecified atom stereocenters. The summed E-state index contributed by atoms with van der Waals surface area (Å²) in [6, 6.07) is 3.92. The number of benzene rings is 1. The van der Waals surface area contributed by atoms with Crippen LogP contribution in [-0.2, 0) is 0 Å². The van der Waals surface area contributed by atoms with Gasteiger partial charge in [-0.25, -0.2) is 8.78 Å². The van der Waals surface area contributed by atoms with Gasteiger partial charge in [-0.2, -0.15) is 0 Å². The summed E-state index contributed by atoms with van der Waals surface area (Å²) in [7, 11) is 0. The molecule has 1 fully saturated rings. The summed E-state index contributed by atoms with van der Waals surface area (Å²) < 4.78 is 26.2. The predicted octanol–water partition coefficient (Wildman–Crippen LogP) is 3.11. The van der Waals surface area contributed by atoms with Gasteiger partial charge >= 0.3 is 0 Å². The molecule has 1 aromatic carbocycles. The SMILES string of the molecule is C=Cc1cc(C(=O)N2CCC(F)(F)CC2)cc([N+](=O)[O-])c1. The van der Waals surface area contributed by atoms with Crippen molar-refractivity contribution in [2.24, 2.45) is 0 Å². The zero-order valence-corrected chi connectivity index (χ0v) is 11.2.